The summed E-state index contributed by atoms with van der Waals surface area (Å²) in [4.78, 5) is 73.4. The number of piperidine rings is 2. The van der Waals surface area contributed by atoms with Crippen LogP contribution in [-0.2, 0) is 84.6 Å². The molecule has 0 bridgehead atoms. The minimum atomic E-state index is -0.668. The Kier molecular flexibility index (Phi) is 17.6. The summed E-state index contributed by atoms with van der Waals surface area (Å²) in [5, 5.41) is 4.50. The van der Waals surface area contributed by atoms with Crippen LogP contribution in [-0.4, -0.2) is 57.3 Å². The van der Waals surface area contributed by atoms with Gasteiger partial charge >= 0.3 is 0 Å². The van der Waals surface area contributed by atoms with Crippen LogP contribution in [0, 0.1) is 24.0 Å². The summed E-state index contributed by atoms with van der Waals surface area (Å²) in [6, 6.07) is 14.6. The van der Waals surface area contributed by atoms with Gasteiger partial charge in [-0.2, -0.15) is 65.8 Å². The molecule has 48 heavy (non-hydrogen) atoms. The van der Waals surface area contributed by atoms with Gasteiger partial charge in [0.1, 0.15) is 12.1 Å². The fraction of sp³-hybridized carbons (Fsp3) is 0.333. The van der Waals surface area contributed by atoms with E-state index in [9.17, 15) is 28.8 Å². The summed E-state index contributed by atoms with van der Waals surface area (Å²) in [7, 11) is 0. The number of nitrogens with zero attached hydrogens (tertiary/aromatic N) is 2. The maximum atomic E-state index is 12.3. The van der Waals surface area contributed by atoms with Gasteiger partial charge in [0.15, 0.2) is 0 Å². The molecule has 250 valence electrons. The first-order chi connectivity index (χ1) is 21.6. The van der Waals surface area contributed by atoms with E-state index in [-0.39, 0.29) is 102 Å². The van der Waals surface area contributed by atoms with Crippen molar-refractivity contribution in [3.8, 4) is 0 Å². The Morgan fingerprint density at radius 3 is 1.58 bits per heavy atom. The van der Waals surface area contributed by atoms with E-state index in [0.29, 0.717) is 46.5 Å². The number of fused-ring (bicyclic) bond motifs is 2. The second-order valence-corrected chi connectivity index (χ2v) is 12.1. The molecule has 2 saturated heterocycles. The molecule has 2 N–H and O–H groups in total. The topological polar surface area (TPSA) is 133 Å². The molecule has 10 nitrogen and oxygen atoms in total. The zero-order valence-corrected chi connectivity index (χ0v) is 34.0. The largest absolute Gasteiger partial charge is 0.345 e. The zero-order valence-electron chi connectivity index (χ0n) is 28.4. The molecule has 4 aliphatic heterocycles. The fourth-order valence-electron chi connectivity index (χ4n) is 4.98. The number of benzene rings is 2. The number of hydrogen-bond acceptors (Lipinski definition) is 6. The number of rotatable bonds is 2. The first-order valence-electron chi connectivity index (χ1n) is 14.9. The van der Waals surface area contributed by atoms with E-state index in [1.165, 1.54) is 21.6 Å². The van der Waals surface area contributed by atoms with Crippen LogP contribution >= 0.6 is 0 Å². The second kappa shape index (κ2) is 19.5. The van der Waals surface area contributed by atoms with Gasteiger partial charge in [0.25, 0.3) is 0 Å². The third-order valence-electron chi connectivity index (χ3n) is 6.84. The molecule has 0 aromatic heterocycles. The molecule has 6 amide bonds. The van der Waals surface area contributed by atoms with E-state index in [0.717, 1.165) is 0 Å². The molecule has 2 unspecified atom stereocenters. The Hall–Kier alpha value is -2.65. The number of carbonyl (C=O) groups is 6. The maximum Gasteiger partial charge on any atom is 0.249 e. The van der Waals surface area contributed by atoms with Gasteiger partial charge in [-0.15, -0.1) is 36.4 Å². The van der Waals surface area contributed by atoms with Gasteiger partial charge in [-0.05, 0) is 29.8 Å². The van der Waals surface area contributed by atoms with Crippen molar-refractivity contribution in [3.05, 3.63) is 95.8 Å². The number of carbonyl (C=O) groups excluding carboxylic acids is 6. The SMILES string of the molecule is C=C1c2[c-]cccc2C(=O)N1C1CCC(=O)NC1=O.C=C1c2c[c-]ccc2C(=O)N1C1CCC(=O)NC1=O.C[C-](C)C.C[C-](C)C.[Y].[Y]. The van der Waals surface area contributed by atoms with Crippen molar-refractivity contribution >= 4 is 46.8 Å². The van der Waals surface area contributed by atoms with Crippen molar-refractivity contribution in [2.45, 2.75) is 79.3 Å². The van der Waals surface area contributed by atoms with Crippen molar-refractivity contribution in [1.29, 1.82) is 0 Å². The summed E-state index contributed by atoms with van der Waals surface area (Å²) in [6.45, 7) is 20.2. The van der Waals surface area contributed by atoms with Crippen molar-refractivity contribution in [2.24, 2.45) is 0 Å². The summed E-state index contributed by atoms with van der Waals surface area (Å²) < 4.78 is 0. The van der Waals surface area contributed by atoms with E-state index in [2.05, 4.69) is 77.5 Å². The number of hydrogen-bond donors (Lipinski definition) is 2. The first-order valence-corrected chi connectivity index (χ1v) is 14.9. The van der Waals surface area contributed by atoms with Gasteiger partial charge in [0.05, 0.1) is 0 Å². The van der Waals surface area contributed by atoms with E-state index in [4.69, 9.17) is 0 Å². The van der Waals surface area contributed by atoms with Crippen LogP contribution < -0.4 is 10.6 Å². The Morgan fingerprint density at radius 1 is 0.688 bits per heavy atom. The zero-order chi connectivity index (χ0) is 34.3. The number of imide groups is 2. The van der Waals surface area contributed by atoms with Crippen molar-refractivity contribution in [3.63, 3.8) is 0 Å². The molecule has 0 spiro atoms. The molecular formula is C36H40N4O6Y2-4. The molecular weight excluding hydrogens is 762 g/mol. The van der Waals surface area contributed by atoms with Gasteiger partial charge in [-0.3, -0.25) is 39.4 Å². The molecule has 0 aliphatic carbocycles. The Balaban J connectivity index is 0.000000380. The average Bonchev–Trinajstić information content (AvgIpc) is 3.38. The monoisotopic (exact) mass is 802 g/mol. The molecule has 4 aliphatic rings. The molecule has 6 rings (SSSR count). The molecule has 0 saturated carbocycles. The van der Waals surface area contributed by atoms with Crippen molar-refractivity contribution in [2.75, 3.05) is 0 Å². The summed E-state index contributed by atoms with van der Waals surface area (Å²) >= 11 is 0. The Morgan fingerprint density at radius 2 is 1.15 bits per heavy atom. The smallest absolute Gasteiger partial charge is 0.249 e. The summed E-state index contributed by atoms with van der Waals surface area (Å²) in [5.41, 5.74) is 3.29. The standard InChI is InChI=1S/2C14H11N2O3.2C4H9.2Y/c2*1-8-9-4-2-3-5-10(9)14(19)16(8)11-6-7-12(17)15-13(11)18;2*1-4(2)3;;/h3-5,11H,1,6-7H2,(H,15,17,18);2-3,5,11H,1,6-7H2,(H,15,17,18);2*1-3H3;;/q4*-1;;. The second-order valence-electron chi connectivity index (χ2n) is 12.1. The molecule has 2 radical (unpaired) electrons. The van der Waals surface area contributed by atoms with Crippen molar-refractivity contribution in [1.82, 2.24) is 20.4 Å². The Bertz CT molecular complexity index is 1380. The predicted octanol–water partition coefficient (Wildman–Crippen LogP) is 4.67. The number of amides is 6. The van der Waals surface area contributed by atoms with Gasteiger partial charge < -0.3 is 21.6 Å². The van der Waals surface area contributed by atoms with Crippen LogP contribution in [0.1, 0.15) is 99.1 Å². The van der Waals surface area contributed by atoms with E-state index >= 15 is 0 Å². The quantitative estimate of drug-likeness (QED) is 0.335. The Labute approximate surface area is 333 Å². The first kappa shape index (κ1) is 43.4. The third-order valence-corrected chi connectivity index (χ3v) is 6.84. The van der Waals surface area contributed by atoms with Gasteiger partial charge in [-0.1, -0.05) is 17.7 Å². The predicted molar refractivity (Wildman–Crippen MR) is 174 cm³/mol. The summed E-state index contributed by atoms with van der Waals surface area (Å²) in [6.07, 6.45) is 1.11. The van der Waals surface area contributed by atoms with Gasteiger partial charge in [0, 0.05) is 78.3 Å². The van der Waals surface area contributed by atoms with E-state index in [1.54, 1.807) is 36.4 Å². The van der Waals surface area contributed by atoms with E-state index < -0.39 is 23.9 Å². The molecule has 2 aromatic rings. The summed E-state index contributed by atoms with van der Waals surface area (Å²) in [5.74, 6) is 0.836. The van der Waals surface area contributed by atoms with Crippen LogP contribution in [0.3, 0.4) is 0 Å². The molecule has 12 heteroatoms. The fourth-order valence-corrected chi connectivity index (χ4v) is 4.98. The van der Waals surface area contributed by atoms with Gasteiger partial charge in [0.2, 0.25) is 35.4 Å². The number of nitrogens with one attached hydrogen (secondary N) is 2. The molecule has 4 heterocycles. The minimum absolute atomic E-state index is 0. The average molecular weight is 803 g/mol. The van der Waals surface area contributed by atoms with Gasteiger partial charge in [-0.25, -0.2) is 0 Å². The molecule has 2 atom stereocenters. The normalized spacial score (nSPS) is 19.3. The van der Waals surface area contributed by atoms with Crippen molar-refractivity contribution < 1.29 is 94.2 Å². The van der Waals surface area contributed by atoms with Crippen LogP contribution in [0.4, 0.5) is 0 Å². The molecule has 2 aromatic carbocycles. The maximum absolute atomic E-state index is 12.3. The van der Waals surface area contributed by atoms with Crippen LogP contribution in [0.2, 0.25) is 0 Å². The minimum Gasteiger partial charge on any atom is -0.345 e. The van der Waals surface area contributed by atoms with Crippen LogP contribution in [0.25, 0.3) is 11.4 Å². The van der Waals surface area contributed by atoms with Crippen LogP contribution in [0.15, 0.2) is 49.6 Å². The molecule has 2 fully saturated rings. The third kappa shape index (κ3) is 10.7. The van der Waals surface area contributed by atoms with Crippen LogP contribution in [0.5, 0.6) is 0 Å². The van der Waals surface area contributed by atoms with E-state index in [1.807, 2.05) is 0 Å².